The molecule has 1 amide bonds. The van der Waals surface area contributed by atoms with Crippen LogP contribution >= 0.6 is 0 Å². The van der Waals surface area contributed by atoms with Crippen LogP contribution in [-0.2, 0) is 9.53 Å². The van der Waals surface area contributed by atoms with Gasteiger partial charge in [0, 0.05) is 30.8 Å². The van der Waals surface area contributed by atoms with Crippen LogP contribution in [0.3, 0.4) is 0 Å². The quantitative estimate of drug-likeness (QED) is 0.362. The molecule has 0 bridgehead atoms. The SMILES string of the molecule is COc1ccc([C@@H]2[C@H](Oc3cccc([N+](=O)[O-])c3)C(=O)N2C[C@@H]2CCCO2)c(OC)c1. The number of rotatable bonds is 8. The number of amides is 1. The number of non-ortho nitro benzene ring substituents is 1. The van der Waals surface area contributed by atoms with Gasteiger partial charge in [-0.3, -0.25) is 14.9 Å². The van der Waals surface area contributed by atoms with Gasteiger partial charge in [-0.1, -0.05) is 6.07 Å². The zero-order valence-corrected chi connectivity index (χ0v) is 17.4. The number of β-lactam (4-membered cyclic amide) rings is 1. The van der Waals surface area contributed by atoms with Crippen molar-refractivity contribution in [1.29, 1.82) is 0 Å². The maximum absolute atomic E-state index is 13.0. The van der Waals surface area contributed by atoms with E-state index < -0.39 is 17.1 Å². The number of methoxy groups -OCH3 is 2. The molecule has 2 aliphatic heterocycles. The Balaban J connectivity index is 1.64. The van der Waals surface area contributed by atoms with Crippen molar-refractivity contribution in [1.82, 2.24) is 4.90 Å². The molecule has 2 aliphatic rings. The first-order chi connectivity index (χ1) is 15.0. The van der Waals surface area contributed by atoms with Gasteiger partial charge in [0.1, 0.15) is 23.3 Å². The van der Waals surface area contributed by atoms with E-state index in [1.54, 1.807) is 37.3 Å². The number of nitrogens with zero attached hydrogens (tertiary/aromatic N) is 2. The van der Waals surface area contributed by atoms with Crippen molar-refractivity contribution in [2.24, 2.45) is 0 Å². The summed E-state index contributed by atoms with van der Waals surface area (Å²) < 4.78 is 22.5. The van der Waals surface area contributed by atoms with E-state index in [0.717, 1.165) is 18.4 Å². The molecule has 2 aromatic carbocycles. The Morgan fingerprint density at radius 3 is 2.68 bits per heavy atom. The second-order valence-electron chi connectivity index (χ2n) is 7.47. The van der Waals surface area contributed by atoms with Gasteiger partial charge in [0.15, 0.2) is 0 Å². The summed E-state index contributed by atoms with van der Waals surface area (Å²) in [6.45, 7) is 1.14. The molecule has 2 heterocycles. The minimum atomic E-state index is -0.828. The fourth-order valence-electron chi connectivity index (χ4n) is 4.05. The van der Waals surface area contributed by atoms with Gasteiger partial charge in [-0.05, 0) is 31.0 Å². The average Bonchev–Trinajstić information content (AvgIpc) is 3.31. The maximum atomic E-state index is 13.0. The fourth-order valence-corrected chi connectivity index (χ4v) is 4.05. The number of hydrogen-bond acceptors (Lipinski definition) is 7. The van der Waals surface area contributed by atoms with E-state index in [0.29, 0.717) is 24.7 Å². The predicted octanol–water partition coefficient (Wildman–Crippen LogP) is 3.12. The van der Waals surface area contributed by atoms with E-state index in [-0.39, 0.29) is 23.4 Å². The highest BCUT2D eigenvalue weighted by Crippen LogP contribution is 2.43. The number of carbonyl (C=O) groups is 1. The summed E-state index contributed by atoms with van der Waals surface area (Å²) in [5, 5.41) is 11.1. The lowest BCUT2D eigenvalue weighted by molar-refractivity contribution is -0.385. The van der Waals surface area contributed by atoms with E-state index in [4.69, 9.17) is 18.9 Å². The van der Waals surface area contributed by atoms with E-state index in [9.17, 15) is 14.9 Å². The van der Waals surface area contributed by atoms with E-state index in [1.807, 2.05) is 6.07 Å². The van der Waals surface area contributed by atoms with Gasteiger partial charge in [-0.25, -0.2) is 0 Å². The van der Waals surface area contributed by atoms with Gasteiger partial charge in [-0.2, -0.15) is 0 Å². The van der Waals surface area contributed by atoms with Crippen molar-refractivity contribution in [2.45, 2.75) is 31.1 Å². The Bertz CT molecular complexity index is 974. The fraction of sp³-hybridized carbons (Fsp3) is 0.409. The second-order valence-corrected chi connectivity index (χ2v) is 7.47. The van der Waals surface area contributed by atoms with Crippen LogP contribution in [0.1, 0.15) is 24.4 Å². The topological polar surface area (TPSA) is 100 Å². The number of ether oxygens (including phenoxy) is 4. The minimum absolute atomic E-state index is 0.0190. The number of nitro groups is 1. The lowest BCUT2D eigenvalue weighted by Gasteiger charge is -2.47. The van der Waals surface area contributed by atoms with Gasteiger partial charge in [-0.15, -0.1) is 0 Å². The average molecular weight is 428 g/mol. The Labute approximate surface area is 179 Å². The van der Waals surface area contributed by atoms with Crippen molar-refractivity contribution >= 4 is 11.6 Å². The van der Waals surface area contributed by atoms with Crippen molar-refractivity contribution in [3.8, 4) is 17.2 Å². The molecule has 0 unspecified atom stereocenters. The third-order valence-corrected chi connectivity index (χ3v) is 5.62. The molecule has 31 heavy (non-hydrogen) atoms. The Kier molecular flexibility index (Phi) is 5.94. The third-order valence-electron chi connectivity index (χ3n) is 5.62. The molecule has 9 nitrogen and oxygen atoms in total. The largest absolute Gasteiger partial charge is 0.497 e. The molecule has 3 atom stereocenters. The Morgan fingerprint density at radius 1 is 1.16 bits per heavy atom. The van der Waals surface area contributed by atoms with Gasteiger partial charge in [0.05, 0.1) is 31.3 Å². The van der Waals surface area contributed by atoms with Gasteiger partial charge < -0.3 is 23.8 Å². The molecule has 0 radical (unpaired) electrons. The Hall–Kier alpha value is -3.33. The number of benzene rings is 2. The number of likely N-dealkylation sites (tertiary alicyclic amines) is 1. The van der Waals surface area contributed by atoms with E-state index in [1.165, 1.54) is 18.2 Å². The highest BCUT2D eigenvalue weighted by molar-refractivity contribution is 5.89. The lowest BCUT2D eigenvalue weighted by atomic mass is 9.89. The monoisotopic (exact) mass is 428 g/mol. The highest BCUT2D eigenvalue weighted by Gasteiger charge is 2.52. The summed E-state index contributed by atoms with van der Waals surface area (Å²) in [5.74, 6) is 1.28. The molecule has 2 aromatic rings. The molecule has 0 N–H and O–H groups in total. The summed E-state index contributed by atoms with van der Waals surface area (Å²) >= 11 is 0. The van der Waals surface area contributed by atoms with Crippen LogP contribution in [0.2, 0.25) is 0 Å². The lowest BCUT2D eigenvalue weighted by Crippen LogP contribution is -2.62. The summed E-state index contributed by atoms with van der Waals surface area (Å²) in [5.41, 5.74) is 0.676. The van der Waals surface area contributed by atoms with Crippen LogP contribution in [0.15, 0.2) is 42.5 Å². The molecule has 2 saturated heterocycles. The van der Waals surface area contributed by atoms with Crippen LogP contribution in [0.5, 0.6) is 17.2 Å². The minimum Gasteiger partial charge on any atom is -0.497 e. The molecule has 164 valence electrons. The van der Waals surface area contributed by atoms with Crippen LogP contribution in [-0.4, -0.2) is 55.3 Å². The number of carbonyl (C=O) groups excluding carboxylic acids is 1. The highest BCUT2D eigenvalue weighted by atomic mass is 16.6. The van der Waals surface area contributed by atoms with E-state index >= 15 is 0 Å². The zero-order chi connectivity index (χ0) is 22.0. The predicted molar refractivity (Wildman–Crippen MR) is 110 cm³/mol. The normalized spacial score (nSPS) is 22.7. The maximum Gasteiger partial charge on any atom is 0.273 e. The van der Waals surface area contributed by atoms with Crippen molar-refractivity contribution in [2.75, 3.05) is 27.4 Å². The smallest absolute Gasteiger partial charge is 0.273 e. The second kappa shape index (κ2) is 8.81. The number of hydrogen-bond donors (Lipinski definition) is 0. The molecule has 0 aromatic heterocycles. The molecule has 0 aliphatic carbocycles. The van der Waals surface area contributed by atoms with Crippen molar-refractivity contribution in [3.05, 3.63) is 58.1 Å². The standard InChI is InChI=1S/C22H24N2O7/c1-28-15-8-9-18(19(12-15)29-2)20-21(22(25)23(20)13-17-7-4-10-30-17)31-16-6-3-5-14(11-16)24(26)27/h3,5-6,8-9,11-12,17,20-21H,4,7,10,13H2,1-2H3/t17-,20+,21-/m0/s1. The van der Waals surface area contributed by atoms with Gasteiger partial charge in [0.2, 0.25) is 6.10 Å². The van der Waals surface area contributed by atoms with Crippen molar-refractivity contribution < 1.29 is 28.7 Å². The van der Waals surface area contributed by atoms with Gasteiger partial charge in [0.25, 0.3) is 11.6 Å². The molecule has 0 saturated carbocycles. The van der Waals surface area contributed by atoms with Crippen molar-refractivity contribution in [3.63, 3.8) is 0 Å². The summed E-state index contributed by atoms with van der Waals surface area (Å²) in [6.07, 6.45) is 1.02. The molecule has 2 fully saturated rings. The van der Waals surface area contributed by atoms with E-state index in [2.05, 4.69) is 0 Å². The molecule has 4 rings (SSSR count). The summed E-state index contributed by atoms with van der Waals surface area (Å²) in [7, 11) is 3.12. The molecular formula is C22H24N2O7. The van der Waals surface area contributed by atoms with Crippen LogP contribution < -0.4 is 14.2 Å². The first-order valence-electron chi connectivity index (χ1n) is 10.1. The van der Waals surface area contributed by atoms with Crippen LogP contribution in [0, 0.1) is 10.1 Å². The summed E-state index contributed by atoms with van der Waals surface area (Å²) in [4.78, 5) is 25.3. The van der Waals surface area contributed by atoms with Gasteiger partial charge >= 0.3 is 0 Å². The number of nitro benzene ring substituents is 1. The molecule has 0 spiro atoms. The molecule has 9 heteroatoms. The first-order valence-corrected chi connectivity index (χ1v) is 10.1. The van der Waals surface area contributed by atoms with Crippen LogP contribution in [0.4, 0.5) is 5.69 Å². The first kappa shape index (κ1) is 20.9. The molecular weight excluding hydrogens is 404 g/mol. The third kappa shape index (κ3) is 4.13. The summed E-state index contributed by atoms with van der Waals surface area (Å²) in [6, 6.07) is 10.8. The zero-order valence-electron chi connectivity index (χ0n) is 17.4. The Morgan fingerprint density at radius 2 is 2.00 bits per heavy atom. The van der Waals surface area contributed by atoms with Crippen LogP contribution in [0.25, 0.3) is 0 Å².